The fourth-order valence-corrected chi connectivity index (χ4v) is 2.80. The van der Waals surface area contributed by atoms with Crippen LogP contribution in [0.25, 0.3) is 0 Å². The molecule has 2 aromatic rings. The van der Waals surface area contributed by atoms with Gasteiger partial charge >= 0.3 is 6.03 Å². The van der Waals surface area contributed by atoms with Gasteiger partial charge in [0.15, 0.2) is 0 Å². The van der Waals surface area contributed by atoms with Gasteiger partial charge in [-0.25, -0.2) is 9.18 Å². The summed E-state index contributed by atoms with van der Waals surface area (Å²) >= 11 is 0. The van der Waals surface area contributed by atoms with Gasteiger partial charge in [0.25, 0.3) is 0 Å². The predicted octanol–water partition coefficient (Wildman–Crippen LogP) is 3.39. The minimum absolute atomic E-state index is 0.235. The van der Waals surface area contributed by atoms with E-state index in [0.29, 0.717) is 24.5 Å². The van der Waals surface area contributed by atoms with Crippen molar-refractivity contribution in [2.45, 2.75) is 25.6 Å². The molecule has 1 fully saturated rings. The molecule has 1 saturated heterocycles. The van der Waals surface area contributed by atoms with Crippen LogP contribution >= 0.6 is 0 Å². The van der Waals surface area contributed by atoms with E-state index in [-0.39, 0.29) is 18.5 Å². The summed E-state index contributed by atoms with van der Waals surface area (Å²) in [6.07, 6.45) is 1.07. The van der Waals surface area contributed by atoms with Gasteiger partial charge in [0.1, 0.15) is 18.2 Å². The number of urea groups is 1. The number of benzene rings is 2. The Kier molecular flexibility index (Phi) is 5.50. The van der Waals surface area contributed by atoms with E-state index < -0.39 is 6.10 Å². The summed E-state index contributed by atoms with van der Waals surface area (Å²) in [5.41, 5.74) is 1.35. The number of amides is 2. The molecule has 0 aromatic heterocycles. The third-order valence-electron chi connectivity index (χ3n) is 4.06. The summed E-state index contributed by atoms with van der Waals surface area (Å²) < 4.78 is 18.8. The van der Waals surface area contributed by atoms with Crippen LogP contribution < -0.4 is 10.1 Å². The molecule has 0 aliphatic carbocycles. The van der Waals surface area contributed by atoms with E-state index in [4.69, 9.17) is 4.74 Å². The lowest BCUT2D eigenvalue weighted by Crippen LogP contribution is -2.44. The average Bonchev–Trinajstić information content (AvgIpc) is 2.60. The SMILES string of the molecule is O=C(Nc1cccc(OCc2cccc(F)c2)c1)N1CCC[C@@H](O)C1. The monoisotopic (exact) mass is 344 g/mol. The van der Waals surface area contributed by atoms with E-state index in [1.807, 2.05) is 0 Å². The molecule has 1 atom stereocenters. The van der Waals surface area contributed by atoms with Crippen molar-refractivity contribution in [2.24, 2.45) is 0 Å². The van der Waals surface area contributed by atoms with E-state index in [1.165, 1.54) is 12.1 Å². The highest BCUT2D eigenvalue weighted by atomic mass is 19.1. The maximum atomic E-state index is 13.2. The maximum absolute atomic E-state index is 13.2. The first-order valence-electron chi connectivity index (χ1n) is 8.31. The number of carbonyl (C=O) groups excluding carboxylic acids is 1. The summed E-state index contributed by atoms with van der Waals surface area (Å²) in [5.74, 6) is 0.284. The molecule has 5 nitrogen and oxygen atoms in total. The summed E-state index contributed by atoms with van der Waals surface area (Å²) in [6, 6.07) is 13.0. The molecule has 0 unspecified atom stereocenters. The average molecular weight is 344 g/mol. The summed E-state index contributed by atoms with van der Waals surface area (Å²) in [7, 11) is 0. The van der Waals surface area contributed by atoms with Gasteiger partial charge < -0.3 is 20.1 Å². The number of anilines is 1. The van der Waals surface area contributed by atoms with Crippen molar-refractivity contribution < 1.29 is 19.0 Å². The molecule has 3 rings (SSSR count). The molecular formula is C19H21FN2O3. The summed E-state index contributed by atoms with van der Waals surface area (Å²) in [5, 5.41) is 12.5. The maximum Gasteiger partial charge on any atom is 0.321 e. The molecule has 1 heterocycles. The first-order chi connectivity index (χ1) is 12.1. The van der Waals surface area contributed by atoms with Gasteiger partial charge in [-0.2, -0.15) is 0 Å². The number of likely N-dealkylation sites (tertiary alicyclic amines) is 1. The van der Waals surface area contributed by atoms with Crippen LogP contribution in [-0.4, -0.2) is 35.2 Å². The van der Waals surface area contributed by atoms with Crippen LogP contribution in [0.5, 0.6) is 5.75 Å². The zero-order valence-corrected chi connectivity index (χ0v) is 13.8. The molecule has 2 aromatic carbocycles. The number of aliphatic hydroxyl groups is 1. The molecule has 1 aliphatic rings. The van der Waals surface area contributed by atoms with Crippen LogP contribution in [0.4, 0.5) is 14.9 Å². The number of ether oxygens (including phenoxy) is 1. The van der Waals surface area contributed by atoms with E-state index in [2.05, 4.69) is 5.32 Å². The Bertz CT molecular complexity index is 738. The molecule has 132 valence electrons. The second-order valence-corrected chi connectivity index (χ2v) is 6.12. The third-order valence-corrected chi connectivity index (χ3v) is 4.06. The lowest BCUT2D eigenvalue weighted by molar-refractivity contribution is 0.0883. The number of aliphatic hydroxyl groups excluding tert-OH is 1. The Morgan fingerprint density at radius 3 is 2.92 bits per heavy atom. The first-order valence-corrected chi connectivity index (χ1v) is 8.31. The molecule has 6 heteroatoms. The molecule has 0 bridgehead atoms. The van der Waals surface area contributed by atoms with Crippen LogP contribution in [0.1, 0.15) is 18.4 Å². The Morgan fingerprint density at radius 1 is 1.28 bits per heavy atom. The van der Waals surface area contributed by atoms with Crippen molar-refractivity contribution >= 4 is 11.7 Å². The Balaban J connectivity index is 1.58. The van der Waals surface area contributed by atoms with Crippen LogP contribution in [-0.2, 0) is 6.61 Å². The number of rotatable bonds is 4. The standard InChI is InChI=1S/C19H21FN2O3/c20-15-5-1-4-14(10-15)13-25-18-8-2-6-16(11-18)21-19(24)22-9-3-7-17(23)12-22/h1-2,4-6,8,10-11,17,23H,3,7,9,12-13H2,(H,21,24)/t17-/m1/s1. The molecule has 0 radical (unpaired) electrons. The highest BCUT2D eigenvalue weighted by Gasteiger charge is 2.22. The van der Waals surface area contributed by atoms with Gasteiger partial charge in [-0.15, -0.1) is 0 Å². The van der Waals surface area contributed by atoms with Crippen molar-refractivity contribution in [1.29, 1.82) is 0 Å². The van der Waals surface area contributed by atoms with Crippen molar-refractivity contribution in [1.82, 2.24) is 4.90 Å². The number of piperidine rings is 1. The van der Waals surface area contributed by atoms with Crippen molar-refractivity contribution in [3.63, 3.8) is 0 Å². The van der Waals surface area contributed by atoms with Gasteiger partial charge in [0, 0.05) is 24.8 Å². The lowest BCUT2D eigenvalue weighted by Gasteiger charge is -2.30. The Labute approximate surface area is 146 Å². The van der Waals surface area contributed by atoms with Crippen molar-refractivity contribution in [3.05, 3.63) is 59.9 Å². The summed E-state index contributed by atoms with van der Waals surface area (Å²) in [4.78, 5) is 13.9. The van der Waals surface area contributed by atoms with Gasteiger partial charge in [-0.3, -0.25) is 0 Å². The number of hydrogen-bond acceptors (Lipinski definition) is 3. The van der Waals surface area contributed by atoms with Crippen molar-refractivity contribution in [2.75, 3.05) is 18.4 Å². The van der Waals surface area contributed by atoms with Gasteiger partial charge in [0.2, 0.25) is 0 Å². The highest BCUT2D eigenvalue weighted by molar-refractivity contribution is 5.89. The van der Waals surface area contributed by atoms with E-state index in [1.54, 1.807) is 41.3 Å². The number of hydrogen-bond donors (Lipinski definition) is 2. The highest BCUT2D eigenvalue weighted by Crippen LogP contribution is 2.20. The van der Waals surface area contributed by atoms with Crippen LogP contribution in [0.2, 0.25) is 0 Å². The first kappa shape index (κ1) is 17.2. The number of halogens is 1. The Morgan fingerprint density at radius 2 is 2.12 bits per heavy atom. The molecule has 25 heavy (non-hydrogen) atoms. The smallest absolute Gasteiger partial charge is 0.321 e. The fourth-order valence-electron chi connectivity index (χ4n) is 2.80. The zero-order chi connectivity index (χ0) is 17.6. The molecule has 2 N–H and O–H groups in total. The lowest BCUT2D eigenvalue weighted by atomic mass is 10.1. The van der Waals surface area contributed by atoms with Crippen LogP contribution in [0.15, 0.2) is 48.5 Å². The number of nitrogens with one attached hydrogen (secondary N) is 1. The number of β-amino-alcohol motifs (C(OH)–C–C–N with tert-alkyl or cyclic N) is 1. The molecule has 2 amide bonds. The van der Waals surface area contributed by atoms with Gasteiger partial charge in [-0.1, -0.05) is 18.2 Å². The zero-order valence-electron chi connectivity index (χ0n) is 13.8. The number of carbonyl (C=O) groups is 1. The minimum atomic E-state index is -0.458. The molecule has 0 saturated carbocycles. The summed E-state index contributed by atoms with van der Waals surface area (Å²) in [6.45, 7) is 1.23. The minimum Gasteiger partial charge on any atom is -0.489 e. The van der Waals surface area contributed by atoms with Gasteiger partial charge in [-0.05, 0) is 42.7 Å². The van der Waals surface area contributed by atoms with E-state index in [0.717, 1.165) is 18.4 Å². The van der Waals surface area contributed by atoms with Crippen LogP contribution in [0, 0.1) is 5.82 Å². The molecule has 0 spiro atoms. The van der Waals surface area contributed by atoms with E-state index >= 15 is 0 Å². The van der Waals surface area contributed by atoms with E-state index in [9.17, 15) is 14.3 Å². The van der Waals surface area contributed by atoms with Crippen molar-refractivity contribution in [3.8, 4) is 5.75 Å². The number of nitrogens with zero attached hydrogens (tertiary/aromatic N) is 1. The largest absolute Gasteiger partial charge is 0.489 e. The molecule has 1 aliphatic heterocycles. The predicted molar refractivity (Wildman–Crippen MR) is 93.0 cm³/mol. The fraction of sp³-hybridized carbons (Fsp3) is 0.316. The topological polar surface area (TPSA) is 61.8 Å². The second kappa shape index (κ2) is 7.98. The van der Waals surface area contributed by atoms with Crippen LogP contribution in [0.3, 0.4) is 0 Å². The normalized spacial score (nSPS) is 17.2. The Hall–Kier alpha value is -2.60. The van der Waals surface area contributed by atoms with Gasteiger partial charge in [0.05, 0.1) is 6.10 Å². The molecular weight excluding hydrogens is 323 g/mol. The quantitative estimate of drug-likeness (QED) is 0.894. The second-order valence-electron chi connectivity index (χ2n) is 6.12. The third kappa shape index (κ3) is 4.93.